The van der Waals surface area contributed by atoms with Gasteiger partial charge in [-0.1, -0.05) is 41.7 Å². The Morgan fingerprint density at radius 2 is 1.70 bits per heavy atom. The second-order valence-electron chi connectivity index (χ2n) is 8.10. The molecule has 10 heteroatoms. The van der Waals surface area contributed by atoms with Crippen molar-refractivity contribution in [3.05, 3.63) is 90.6 Å². The van der Waals surface area contributed by atoms with Crippen LogP contribution in [0.15, 0.2) is 69.6 Å². The summed E-state index contributed by atoms with van der Waals surface area (Å²) in [4.78, 5) is 54.5. The van der Waals surface area contributed by atoms with Crippen LogP contribution in [0.3, 0.4) is 0 Å². The van der Waals surface area contributed by atoms with Crippen LogP contribution < -0.4 is 24.4 Å². The summed E-state index contributed by atoms with van der Waals surface area (Å²) >= 11 is 1.16. The molecule has 0 bridgehead atoms. The Hall–Kier alpha value is -4.31. The predicted octanol–water partition coefficient (Wildman–Crippen LogP) is 2.65. The highest BCUT2D eigenvalue weighted by Gasteiger charge is 2.33. The van der Waals surface area contributed by atoms with Crippen LogP contribution in [-0.4, -0.2) is 29.1 Å². The van der Waals surface area contributed by atoms with E-state index in [1.807, 2.05) is 0 Å². The molecule has 0 fully saturated rings. The number of ether oxygens (including phenoxy) is 3. The molecule has 0 spiro atoms. The number of fused-ring (bicyclic) bond motifs is 1. The van der Waals surface area contributed by atoms with Crippen LogP contribution in [0.2, 0.25) is 0 Å². The van der Waals surface area contributed by atoms with Crippen LogP contribution >= 0.6 is 11.3 Å². The Bertz CT molecular complexity index is 1600. The van der Waals surface area contributed by atoms with Crippen molar-refractivity contribution in [2.24, 2.45) is 4.99 Å². The third kappa shape index (κ3) is 5.44. The minimum Gasteiger partial charge on any atom is -0.463 e. The molecule has 9 nitrogen and oxygen atoms in total. The number of rotatable bonds is 6. The maximum Gasteiger partial charge on any atom is 0.338 e. The lowest BCUT2D eigenvalue weighted by molar-refractivity contribution is -0.139. The number of nitrogens with zero attached hydrogens (tertiary/aromatic N) is 2. The summed E-state index contributed by atoms with van der Waals surface area (Å²) in [6.07, 6.45) is 1.63. The zero-order valence-corrected chi connectivity index (χ0v) is 21.5. The van der Waals surface area contributed by atoms with Gasteiger partial charge in [0.05, 0.1) is 28.5 Å². The number of allylic oxidation sites excluding steroid dienone is 1. The number of hydrogen-bond donors (Lipinski definition) is 0. The molecule has 2 heterocycles. The first-order valence-corrected chi connectivity index (χ1v) is 12.3. The smallest absolute Gasteiger partial charge is 0.338 e. The van der Waals surface area contributed by atoms with Gasteiger partial charge in [0.15, 0.2) is 4.80 Å². The summed E-state index contributed by atoms with van der Waals surface area (Å²) in [7, 11) is 0. The van der Waals surface area contributed by atoms with Crippen molar-refractivity contribution >= 4 is 35.3 Å². The highest BCUT2D eigenvalue weighted by Crippen LogP contribution is 2.31. The van der Waals surface area contributed by atoms with E-state index in [1.165, 1.54) is 18.4 Å². The third-order valence-electron chi connectivity index (χ3n) is 5.43. The number of para-hydroxylation sites is 1. The Labute approximate surface area is 215 Å². The molecule has 1 aliphatic heterocycles. The normalized spacial score (nSPS) is 15.0. The molecule has 0 amide bonds. The number of aromatic nitrogens is 1. The van der Waals surface area contributed by atoms with Crippen molar-refractivity contribution in [3.63, 3.8) is 0 Å². The summed E-state index contributed by atoms with van der Waals surface area (Å²) in [5, 5.41) is 0. The van der Waals surface area contributed by atoms with Crippen molar-refractivity contribution in [2.45, 2.75) is 33.7 Å². The largest absolute Gasteiger partial charge is 0.463 e. The van der Waals surface area contributed by atoms with E-state index in [4.69, 9.17) is 14.2 Å². The van der Waals surface area contributed by atoms with E-state index in [0.29, 0.717) is 37.7 Å². The van der Waals surface area contributed by atoms with E-state index in [2.05, 4.69) is 4.99 Å². The van der Waals surface area contributed by atoms with Gasteiger partial charge < -0.3 is 14.2 Å². The summed E-state index contributed by atoms with van der Waals surface area (Å²) < 4.78 is 17.5. The van der Waals surface area contributed by atoms with Gasteiger partial charge >= 0.3 is 17.9 Å². The van der Waals surface area contributed by atoms with Gasteiger partial charge in [0, 0.05) is 19.4 Å². The van der Waals surface area contributed by atoms with E-state index in [-0.39, 0.29) is 17.7 Å². The van der Waals surface area contributed by atoms with Crippen molar-refractivity contribution in [1.82, 2.24) is 4.57 Å². The molecule has 0 N–H and O–H groups in total. The lowest BCUT2D eigenvalue weighted by atomic mass is 9.96. The first-order valence-electron chi connectivity index (χ1n) is 11.4. The van der Waals surface area contributed by atoms with Gasteiger partial charge in [-0.2, -0.15) is 0 Å². The predicted molar refractivity (Wildman–Crippen MR) is 136 cm³/mol. The quantitative estimate of drug-likeness (QED) is 0.363. The molecule has 4 rings (SSSR count). The standard InChI is InChI=1S/C27H24N2O7S/c1-5-34-26(33)23-15(2)28-27-29(24(23)18-10-12-20(13-11-18)35-16(3)30)25(32)22(37-27)14-19-8-6-7-9-21(19)36-17(4)31/h6-14,24H,5H2,1-4H3/b22-14-/t24-/m0/s1. The first-order chi connectivity index (χ1) is 17.7. The summed E-state index contributed by atoms with van der Waals surface area (Å²) in [6.45, 7) is 6.16. The molecule has 37 heavy (non-hydrogen) atoms. The van der Waals surface area contributed by atoms with Crippen LogP contribution in [0, 0.1) is 0 Å². The second-order valence-corrected chi connectivity index (χ2v) is 9.11. The third-order valence-corrected chi connectivity index (χ3v) is 6.42. The zero-order valence-electron chi connectivity index (χ0n) is 20.6. The number of benzene rings is 2. The lowest BCUT2D eigenvalue weighted by Crippen LogP contribution is -2.39. The fraction of sp³-hybridized carbons (Fsp3) is 0.222. The number of carbonyl (C=O) groups excluding carboxylic acids is 3. The molecule has 0 radical (unpaired) electrons. The van der Waals surface area contributed by atoms with Crippen LogP contribution in [-0.2, 0) is 19.1 Å². The van der Waals surface area contributed by atoms with E-state index in [1.54, 1.807) is 68.5 Å². The highest BCUT2D eigenvalue weighted by molar-refractivity contribution is 7.07. The monoisotopic (exact) mass is 520 g/mol. The molecule has 0 unspecified atom stereocenters. The molecule has 190 valence electrons. The van der Waals surface area contributed by atoms with E-state index in [0.717, 1.165) is 11.3 Å². The zero-order chi connectivity index (χ0) is 26.7. The molecule has 1 atom stereocenters. The van der Waals surface area contributed by atoms with E-state index >= 15 is 0 Å². The molecule has 0 aliphatic carbocycles. The number of esters is 3. The Balaban J connectivity index is 1.91. The first kappa shape index (κ1) is 25.8. The van der Waals surface area contributed by atoms with Gasteiger partial charge in [0.25, 0.3) is 5.56 Å². The number of thiazole rings is 1. The number of carbonyl (C=O) groups is 3. The summed E-state index contributed by atoms with van der Waals surface area (Å²) in [6, 6.07) is 12.6. The molecule has 2 aromatic carbocycles. The van der Waals surface area contributed by atoms with Gasteiger partial charge in [-0.25, -0.2) is 9.79 Å². The van der Waals surface area contributed by atoms with Crippen molar-refractivity contribution in [3.8, 4) is 11.5 Å². The minimum atomic E-state index is -0.812. The fourth-order valence-corrected chi connectivity index (χ4v) is 5.02. The number of hydrogen-bond acceptors (Lipinski definition) is 9. The van der Waals surface area contributed by atoms with Crippen molar-refractivity contribution in [1.29, 1.82) is 0 Å². The molecule has 1 aliphatic rings. The van der Waals surface area contributed by atoms with Gasteiger partial charge in [-0.05, 0) is 43.7 Å². The van der Waals surface area contributed by atoms with E-state index < -0.39 is 23.9 Å². The molecular formula is C27H24N2O7S. The topological polar surface area (TPSA) is 113 Å². The fourth-order valence-electron chi connectivity index (χ4n) is 3.98. The molecule has 0 saturated carbocycles. The Morgan fingerprint density at radius 1 is 1.03 bits per heavy atom. The molecule has 3 aromatic rings. The van der Waals surface area contributed by atoms with E-state index in [9.17, 15) is 19.2 Å². The summed E-state index contributed by atoms with van der Waals surface area (Å²) in [5.74, 6) is -0.856. The highest BCUT2D eigenvalue weighted by atomic mass is 32.1. The second kappa shape index (κ2) is 10.8. The van der Waals surface area contributed by atoms with Crippen molar-refractivity contribution < 1.29 is 28.6 Å². The molecule has 1 aromatic heterocycles. The minimum absolute atomic E-state index is 0.158. The maximum absolute atomic E-state index is 13.7. The Kier molecular flexibility index (Phi) is 7.49. The SMILES string of the molecule is CCOC(=O)C1=C(C)N=c2s/c(=C\c3ccccc3OC(C)=O)c(=O)n2[C@H]1c1ccc(OC(C)=O)cc1. The van der Waals surface area contributed by atoms with Crippen molar-refractivity contribution in [2.75, 3.05) is 6.61 Å². The van der Waals surface area contributed by atoms with Crippen LogP contribution in [0.5, 0.6) is 11.5 Å². The Morgan fingerprint density at radius 3 is 2.35 bits per heavy atom. The average Bonchev–Trinajstić information content (AvgIpc) is 3.14. The summed E-state index contributed by atoms with van der Waals surface area (Å²) in [5.41, 5.74) is 1.46. The van der Waals surface area contributed by atoms with Crippen LogP contribution in [0.1, 0.15) is 44.9 Å². The molecule has 0 saturated heterocycles. The van der Waals surface area contributed by atoms with Gasteiger partial charge in [0.1, 0.15) is 11.5 Å². The van der Waals surface area contributed by atoms with Gasteiger partial charge in [-0.15, -0.1) is 0 Å². The lowest BCUT2D eigenvalue weighted by Gasteiger charge is -2.24. The van der Waals surface area contributed by atoms with Crippen LogP contribution in [0.4, 0.5) is 0 Å². The van der Waals surface area contributed by atoms with Gasteiger partial charge in [-0.3, -0.25) is 19.0 Å². The maximum atomic E-state index is 13.7. The molecular weight excluding hydrogens is 496 g/mol. The van der Waals surface area contributed by atoms with Crippen LogP contribution in [0.25, 0.3) is 6.08 Å². The average molecular weight is 521 g/mol. The van der Waals surface area contributed by atoms with Gasteiger partial charge in [0.2, 0.25) is 0 Å².